The van der Waals surface area contributed by atoms with Gasteiger partial charge in [-0.25, -0.2) is 9.97 Å². The van der Waals surface area contributed by atoms with Crippen LogP contribution in [0.2, 0.25) is 0 Å². The van der Waals surface area contributed by atoms with Crippen LogP contribution in [0.5, 0.6) is 0 Å². The van der Waals surface area contributed by atoms with Gasteiger partial charge in [0.2, 0.25) is 0 Å². The quantitative estimate of drug-likeness (QED) is 0.187. The van der Waals surface area contributed by atoms with Crippen molar-refractivity contribution in [3.05, 3.63) is 164 Å². The van der Waals surface area contributed by atoms with E-state index >= 15 is 0 Å². The summed E-state index contributed by atoms with van der Waals surface area (Å²) >= 11 is 0. The highest BCUT2D eigenvalue weighted by molar-refractivity contribution is 6.30. The lowest BCUT2D eigenvalue weighted by atomic mass is 10.0. The van der Waals surface area contributed by atoms with E-state index in [1.807, 2.05) is 0 Å². The third-order valence-electron chi connectivity index (χ3n) is 11.5. The Labute approximate surface area is 301 Å². The van der Waals surface area contributed by atoms with Crippen molar-refractivity contribution in [1.82, 2.24) is 18.8 Å². The standard InChI is InChI=1S/C48H27N5/c1-3-15-30(16-4-1)51(31-17-5-2-6-18-31)45-33-20-10-8-14-29(33)27-39-35-22-12-24-38-41-48(53(44(35)38)46(39)45)50-40-37-23-11-21-34-36-26-25-28-13-7-9-19-32(28)42(36)52(43(34)37)47(40)49-41/h1-27H. The van der Waals surface area contributed by atoms with Gasteiger partial charge < -0.3 is 4.90 Å². The van der Waals surface area contributed by atoms with Crippen molar-refractivity contribution >= 4 is 115 Å². The molecule has 0 bridgehead atoms. The van der Waals surface area contributed by atoms with Crippen LogP contribution in [0.25, 0.3) is 98.3 Å². The van der Waals surface area contributed by atoms with Crippen molar-refractivity contribution in [2.45, 2.75) is 0 Å². The van der Waals surface area contributed by atoms with Crippen LogP contribution in [0, 0.1) is 0 Å². The lowest BCUT2D eigenvalue weighted by Gasteiger charge is -2.28. The molecule has 53 heavy (non-hydrogen) atoms. The Morgan fingerprint density at radius 3 is 1.47 bits per heavy atom. The second-order valence-corrected chi connectivity index (χ2v) is 14.2. The van der Waals surface area contributed by atoms with Crippen molar-refractivity contribution in [3.8, 4) is 0 Å². The van der Waals surface area contributed by atoms with Crippen LogP contribution >= 0.6 is 0 Å². The molecule has 5 heterocycles. The number of hydrogen-bond donors (Lipinski definition) is 0. The maximum absolute atomic E-state index is 5.68. The third-order valence-corrected chi connectivity index (χ3v) is 11.5. The SMILES string of the molecule is c1ccc(N(c2ccccc2)c2c3ccccc3cc3c4cccc5c6nc7c(nc6n(c23)c45)c2cccc3c4ccc5ccccc5c4n7c32)cc1. The molecule has 5 nitrogen and oxygen atoms in total. The lowest BCUT2D eigenvalue weighted by Crippen LogP contribution is -2.11. The zero-order valence-corrected chi connectivity index (χ0v) is 28.3. The third kappa shape index (κ3) is 3.37. The Bertz CT molecular complexity index is 3580. The molecule has 0 unspecified atom stereocenters. The van der Waals surface area contributed by atoms with Crippen LogP contribution < -0.4 is 4.90 Å². The molecule has 0 aliphatic rings. The highest BCUT2D eigenvalue weighted by atomic mass is 15.2. The maximum atomic E-state index is 5.68. The van der Waals surface area contributed by atoms with Crippen molar-refractivity contribution in [2.24, 2.45) is 0 Å². The van der Waals surface area contributed by atoms with Crippen molar-refractivity contribution < 1.29 is 0 Å². The van der Waals surface area contributed by atoms with Gasteiger partial charge in [-0.2, -0.15) is 0 Å². The number of fused-ring (bicyclic) bond motifs is 15. The van der Waals surface area contributed by atoms with Gasteiger partial charge in [-0.15, -0.1) is 0 Å². The number of para-hydroxylation sites is 4. The number of anilines is 3. The fourth-order valence-corrected chi connectivity index (χ4v) is 9.37. The number of hydrogen-bond acceptors (Lipinski definition) is 3. The van der Waals surface area contributed by atoms with E-state index in [0.29, 0.717) is 0 Å². The highest BCUT2D eigenvalue weighted by Crippen LogP contribution is 2.49. The topological polar surface area (TPSA) is 37.8 Å². The summed E-state index contributed by atoms with van der Waals surface area (Å²) in [4.78, 5) is 13.7. The van der Waals surface area contributed by atoms with Gasteiger partial charge in [-0.3, -0.25) is 8.80 Å². The van der Waals surface area contributed by atoms with E-state index in [4.69, 9.17) is 9.97 Å². The molecule has 13 aromatic rings. The number of nitrogens with zero attached hydrogens (tertiary/aromatic N) is 5. The average molecular weight is 674 g/mol. The van der Waals surface area contributed by atoms with Gasteiger partial charge in [0.1, 0.15) is 11.0 Å². The van der Waals surface area contributed by atoms with E-state index in [1.54, 1.807) is 0 Å². The molecule has 5 aromatic heterocycles. The lowest BCUT2D eigenvalue weighted by molar-refractivity contribution is 1.24. The van der Waals surface area contributed by atoms with Crippen molar-refractivity contribution in [1.29, 1.82) is 0 Å². The Hall–Kier alpha value is -7.24. The average Bonchev–Trinajstić information content (AvgIpc) is 3.94. The van der Waals surface area contributed by atoms with Crippen LogP contribution in [-0.4, -0.2) is 18.8 Å². The van der Waals surface area contributed by atoms with Crippen LogP contribution in [0.15, 0.2) is 164 Å². The van der Waals surface area contributed by atoms with Gasteiger partial charge in [0.25, 0.3) is 0 Å². The Balaban J connectivity index is 1.26. The molecule has 0 N–H and O–H groups in total. The van der Waals surface area contributed by atoms with Crippen LogP contribution in [0.1, 0.15) is 0 Å². The highest BCUT2D eigenvalue weighted by Gasteiger charge is 2.28. The van der Waals surface area contributed by atoms with Gasteiger partial charge >= 0.3 is 0 Å². The van der Waals surface area contributed by atoms with Gasteiger partial charge in [-0.1, -0.05) is 133 Å². The molecule has 8 aromatic carbocycles. The first-order chi connectivity index (χ1) is 26.3. The van der Waals surface area contributed by atoms with E-state index in [0.717, 1.165) is 61.2 Å². The molecule has 0 saturated carbocycles. The summed E-state index contributed by atoms with van der Waals surface area (Å²) in [6, 6.07) is 59.0. The molecule has 0 aliphatic heterocycles. The van der Waals surface area contributed by atoms with Crippen LogP contribution in [0.4, 0.5) is 17.1 Å². The summed E-state index contributed by atoms with van der Waals surface area (Å²) in [5.74, 6) is 0. The molecule has 0 saturated heterocycles. The fraction of sp³-hybridized carbons (Fsp3) is 0. The summed E-state index contributed by atoms with van der Waals surface area (Å²) in [7, 11) is 0. The predicted octanol–water partition coefficient (Wildman–Crippen LogP) is 12.6. The van der Waals surface area contributed by atoms with Gasteiger partial charge in [0.15, 0.2) is 11.3 Å². The molecule has 0 atom stereocenters. The molecule has 0 spiro atoms. The zero-order chi connectivity index (χ0) is 34.4. The minimum atomic E-state index is 0.875. The first kappa shape index (κ1) is 27.5. The monoisotopic (exact) mass is 673 g/mol. The van der Waals surface area contributed by atoms with Crippen LogP contribution in [0.3, 0.4) is 0 Å². The van der Waals surface area contributed by atoms with Crippen molar-refractivity contribution in [2.75, 3.05) is 4.90 Å². The first-order valence-corrected chi connectivity index (χ1v) is 18.1. The summed E-state index contributed by atoms with van der Waals surface area (Å²) < 4.78 is 4.78. The van der Waals surface area contributed by atoms with Gasteiger partial charge in [0, 0.05) is 54.5 Å². The first-order valence-electron chi connectivity index (χ1n) is 18.1. The molecule has 5 heteroatoms. The minimum Gasteiger partial charge on any atom is -0.308 e. The van der Waals surface area contributed by atoms with Crippen molar-refractivity contribution in [3.63, 3.8) is 0 Å². The summed E-state index contributed by atoms with van der Waals surface area (Å²) in [5.41, 5.74) is 11.6. The fourth-order valence-electron chi connectivity index (χ4n) is 9.37. The van der Waals surface area contributed by atoms with E-state index < -0.39 is 0 Å². The molecule has 0 amide bonds. The molecule has 0 fully saturated rings. The van der Waals surface area contributed by atoms with E-state index in [2.05, 4.69) is 177 Å². The largest absolute Gasteiger partial charge is 0.308 e. The molecule has 244 valence electrons. The van der Waals surface area contributed by atoms with E-state index in [1.165, 1.54) is 54.1 Å². The Morgan fingerprint density at radius 1 is 0.340 bits per heavy atom. The number of aromatic nitrogens is 4. The zero-order valence-electron chi connectivity index (χ0n) is 28.3. The molecule has 0 radical (unpaired) electrons. The van der Waals surface area contributed by atoms with Gasteiger partial charge in [0.05, 0.1) is 27.8 Å². The smallest absolute Gasteiger partial charge is 0.165 e. The normalized spacial score (nSPS) is 12.5. The summed E-state index contributed by atoms with van der Waals surface area (Å²) in [6.45, 7) is 0. The van der Waals surface area contributed by atoms with E-state index in [9.17, 15) is 0 Å². The molecular weight excluding hydrogens is 647 g/mol. The van der Waals surface area contributed by atoms with Gasteiger partial charge in [-0.05, 0) is 41.1 Å². The maximum Gasteiger partial charge on any atom is 0.165 e. The second-order valence-electron chi connectivity index (χ2n) is 14.2. The minimum absolute atomic E-state index is 0.875. The summed E-state index contributed by atoms with van der Waals surface area (Å²) in [6.07, 6.45) is 0. The second kappa shape index (κ2) is 9.75. The predicted molar refractivity (Wildman–Crippen MR) is 221 cm³/mol. The molecule has 13 rings (SSSR count). The van der Waals surface area contributed by atoms with E-state index in [-0.39, 0.29) is 0 Å². The molecule has 0 aliphatic carbocycles. The molecular formula is C48H27N5. The Morgan fingerprint density at radius 2 is 0.811 bits per heavy atom. The van der Waals surface area contributed by atoms with Crippen LogP contribution in [-0.2, 0) is 0 Å². The summed E-state index contributed by atoms with van der Waals surface area (Å²) in [5, 5.41) is 11.9. The number of rotatable bonds is 3. The number of benzene rings is 8. The Kier molecular flexibility index (Phi) is 5.06.